The van der Waals surface area contributed by atoms with E-state index in [2.05, 4.69) is 10.3 Å². The molecule has 1 amide bonds. The lowest BCUT2D eigenvalue weighted by Crippen LogP contribution is -2.43. The van der Waals surface area contributed by atoms with Crippen LogP contribution in [-0.4, -0.2) is 44.6 Å². The Morgan fingerprint density at radius 1 is 1.39 bits per heavy atom. The maximum Gasteiger partial charge on any atom is 0.326 e. The summed E-state index contributed by atoms with van der Waals surface area (Å²) < 4.78 is 1.17. The smallest absolute Gasteiger partial charge is 0.326 e. The van der Waals surface area contributed by atoms with E-state index in [0.717, 1.165) is 0 Å². The number of fused-ring (bicyclic) bond motifs is 1. The van der Waals surface area contributed by atoms with Crippen LogP contribution in [0.5, 0.6) is 0 Å². The summed E-state index contributed by atoms with van der Waals surface area (Å²) in [6, 6.07) is 5.88. The molecule has 2 aromatic rings. The number of carboxylic acids is 1. The van der Waals surface area contributed by atoms with Crippen LogP contribution in [0, 0.1) is 0 Å². The number of carbonyl (C=O) groups excluding carboxylic acids is 1. The van der Waals surface area contributed by atoms with Crippen LogP contribution in [0.3, 0.4) is 0 Å². The molecule has 1 aromatic carbocycles. The zero-order valence-electron chi connectivity index (χ0n) is 12.6. The molecular weight excluding hydrogens is 318 g/mol. The molecule has 1 aromatic heterocycles. The molecule has 0 aliphatic rings. The fraction of sp³-hybridized carbons (Fsp3) is 0.333. The number of rotatable bonds is 7. The molecule has 2 rings (SSSR count). The van der Waals surface area contributed by atoms with Gasteiger partial charge in [0.15, 0.2) is 0 Å². The van der Waals surface area contributed by atoms with Gasteiger partial charge in [-0.2, -0.15) is 11.8 Å². The van der Waals surface area contributed by atoms with Gasteiger partial charge in [0, 0.05) is 0 Å². The standard InChI is InChI=1S/C15H17N3O4S/c1-23-7-6-12(15(21)22)17-13(19)8-18-9-16-11-5-3-2-4-10(11)14(18)20/h2-5,9,12H,6-8H2,1H3,(H,17,19)(H,21,22)/t12-/m0/s1. The van der Waals surface area contributed by atoms with Crippen molar-refractivity contribution in [2.75, 3.05) is 12.0 Å². The van der Waals surface area contributed by atoms with E-state index in [4.69, 9.17) is 5.11 Å². The van der Waals surface area contributed by atoms with Crippen LogP contribution < -0.4 is 10.9 Å². The Bertz CT molecular complexity index is 775. The molecule has 1 heterocycles. The van der Waals surface area contributed by atoms with Gasteiger partial charge in [-0.3, -0.25) is 14.2 Å². The highest BCUT2D eigenvalue weighted by molar-refractivity contribution is 7.98. The zero-order valence-corrected chi connectivity index (χ0v) is 13.4. The van der Waals surface area contributed by atoms with Crippen LogP contribution in [-0.2, 0) is 16.1 Å². The molecule has 0 spiro atoms. The molecule has 23 heavy (non-hydrogen) atoms. The Labute approximate surface area is 136 Å². The summed E-state index contributed by atoms with van der Waals surface area (Å²) in [4.78, 5) is 39.5. The number of amides is 1. The maximum absolute atomic E-state index is 12.3. The third-order valence-electron chi connectivity index (χ3n) is 3.29. The van der Waals surface area contributed by atoms with Crippen LogP contribution in [0.2, 0.25) is 0 Å². The lowest BCUT2D eigenvalue weighted by molar-refractivity contribution is -0.141. The number of nitrogens with one attached hydrogen (secondary N) is 1. The molecule has 0 saturated carbocycles. The highest BCUT2D eigenvalue weighted by Gasteiger charge is 2.19. The number of benzene rings is 1. The monoisotopic (exact) mass is 335 g/mol. The first-order chi connectivity index (χ1) is 11.0. The van der Waals surface area contributed by atoms with E-state index in [0.29, 0.717) is 23.1 Å². The van der Waals surface area contributed by atoms with Crippen molar-refractivity contribution in [1.29, 1.82) is 0 Å². The highest BCUT2D eigenvalue weighted by atomic mass is 32.2. The predicted octanol–water partition coefficient (Wildman–Crippen LogP) is 0.719. The quantitative estimate of drug-likeness (QED) is 0.773. The lowest BCUT2D eigenvalue weighted by Gasteiger charge is -2.14. The number of para-hydroxylation sites is 1. The average molecular weight is 335 g/mol. The Kier molecular flexibility index (Phi) is 5.75. The van der Waals surface area contributed by atoms with E-state index in [-0.39, 0.29) is 12.1 Å². The third-order valence-corrected chi connectivity index (χ3v) is 3.93. The molecule has 0 aliphatic heterocycles. The van der Waals surface area contributed by atoms with Gasteiger partial charge in [0.2, 0.25) is 5.91 Å². The fourth-order valence-electron chi connectivity index (χ4n) is 2.11. The van der Waals surface area contributed by atoms with Gasteiger partial charge < -0.3 is 10.4 Å². The van der Waals surface area contributed by atoms with E-state index in [1.165, 1.54) is 22.7 Å². The third kappa shape index (κ3) is 4.32. The van der Waals surface area contributed by atoms with Gasteiger partial charge >= 0.3 is 5.97 Å². The first kappa shape index (κ1) is 17.0. The van der Waals surface area contributed by atoms with Crippen molar-refractivity contribution in [3.8, 4) is 0 Å². The van der Waals surface area contributed by atoms with Crippen LogP contribution >= 0.6 is 11.8 Å². The van der Waals surface area contributed by atoms with E-state index in [1.807, 2.05) is 6.26 Å². The maximum atomic E-state index is 12.3. The van der Waals surface area contributed by atoms with Crippen LogP contribution in [0.4, 0.5) is 0 Å². The van der Waals surface area contributed by atoms with Crippen molar-refractivity contribution in [3.05, 3.63) is 40.9 Å². The van der Waals surface area contributed by atoms with E-state index < -0.39 is 17.9 Å². The minimum absolute atomic E-state index is 0.264. The first-order valence-corrected chi connectivity index (χ1v) is 8.37. The Morgan fingerprint density at radius 2 is 2.13 bits per heavy atom. The number of aromatic nitrogens is 2. The van der Waals surface area contributed by atoms with Crippen molar-refractivity contribution < 1.29 is 14.7 Å². The molecule has 0 radical (unpaired) electrons. The lowest BCUT2D eigenvalue weighted by atomic mass is 10.2. The summed E-state index contributed by atoms with van der Waals surface area (Å²) in [6.45, 7) is -0.264. The number of carboxylic acid groups (broad SMARTS) is 1. The number of hydrogen-bond acceptors (Lipinski definition) is 5. The Morgan fingerprint density at radius 3 is 2.83 bits per heavy atom. The van der Waals surface area contributed by atoms with Crippen molar-refractivity contribution in [2.24, 2.45) is 0 Å². The number of nitrogens with zero attached hydrogens (tertiary/aromatic N) is 2. The van der Waals surface area contributed by atoms with E-state index in [1.54, 1.807) is 24.3 Å². The highest BCUT2D eigenvalue weighted by Crippen LogP contribution is 2.05. The van der Waals surface area contributed by atoms with Gasteiger partial charge in [-0.25, -0.2) is 9.78 Å². The topological polar surface area (TPSA) is 101 Å². The predicted molar refractivity (Wildman–Crippen MR) is 88.6 cm³/mol. The molecule has 0 fully saturated rings. The summed E-state index contributed by atoms with van der Waals surface area (Å²) >= 11 is 1.50. The molecule has 8 heteroatoms. The fourth-order valence-corrected chi connectivity index (χ4v) is 2.58. The number of aliphatic carboxylic acids is 1. The Balaban J connectivity index is 2.12. The largest absolute Gasteiger partial charge is 0.480 e. The minimum atomic E-state index is -1.09. The van der Waals surface area contributed by atoms with Gasteiger partial charge in [-0.05, 0) is 30.6 Å². The zero-order chi connectivity index (χ0) is 16.8. The molecule has 7 nitrogen and oxygen atoms in total. The summed E-state index contributed by atoms with van der Waals surface area (Å²) in [5.41, 5.74) is 0.222. The summed E-state index contributed by atoms with van der Waals surface area (Å²) in [7, 11) is 0. The molecule has 0 bridgehead atoms. The SMILES string of the molecule is CSCC[C@H](NC(=O)Cn1cnc2ccccc2c1=O)C(=O)O. The molecule has 0 saturated heterocycles. The second kappa shape index (κ2) is 7.77. The van der Waals surface area contributed by atoms with Gasteiger partial charge in [0.1, 0.15) is 12.6 Å². The van der Waals surface area contributed by atoms with Crippen molar-refractivity contribution >= 4 is 34.5 Å². The van der Waals surface area contributed by atoms with Gasteiger partial charge in [-0.1, -0.05) is 12.1 Å². The molecule has 122 valence electrons. The van der Waals surface area contributed by atoms with Crippen LogP contribution in [0.25, 0.3) is 10.9 Å². The number of thioether (sulfide) groups is 1. The van der Waals surface area contributed by atoms with Gasteiger partial charge in [-0.15, -0.1) is 0 Å². The summed E-state index contributed by atoms with van der Waals surface area (Å²) in [5.74, 6) is -0.997. The second-order valence-electron chi connectivity index (χ2n) is 4.93. The average Bonchev–Trinajstić information content (AvgIpc) is 2.54. The van der Waals surface area contributed by atoms with Gasteiger partial charge in [0.05, 0.1) is 17.2 Å². The summed E-state index contributed by atoms with van der Waals surface area (Å²) in [6.07, 6.45) is 3.48. The summed E-state index contributed by atoms with van der Waals surface area (Å²) in [5, 5.41) is 12.0. The van der Waals surface area contributed by atoms with E-state index >= 15 is 0 Å². The van der Waals surface area contributed by atoms with Crippen molar-refractivity contribution in [3.63, 3.8) is 0 Å². The first-order valence-electron chi connectivity index (χ1n) is 6.98. The molecule has 2 N–H and O–H groups in total. The Hall–Kier alpha value is -2.35. The van der Waals surface area contributed by atoms with Crippen LogP contribution in [0.15, 0.2) is 35.4 Å². The van der Waals surface area contributed by atoms with Gasteiger partial charge in [0.25, 0.3) is 5.56 Å². The molecule has 1 atom stereocenters. The normalized spacial score (nSPS) is 12.0. The minimum Gasteiger partial charge on any atom is -0.480 e. The van der Waals surface area contributed by atoms with Crippen molar-refractivity contribution in [1.82, 2.24) is 14.9 Å². The second-order valence-corrected chi connectivity index (χ2v) is 5.92. The number of carbonyl (C=O) groups is 2. The van der Waals surface area contributed by atoms with Crippen LogP contribution in [0.1, 0.15) is 6.42 Å². The molecular formula is C15H17N3O4S. The van der Waals surface area contributed by atoms with E-state index in [9.17, 15) is 14.4 Å². The van der Waals surface area contributed by atoms with Crippen molar-refractivity contribution in [2.45, 2.75) is 19.0 Å². The number of hydrogen-bond donors (Lipinski definition) is 2. The molecule has 0 unspecified atom stereocenters. The molecule has 0 aliphatic carbocycles.